The zero-order valence-electron chi connectivity index (χ0n) is 15.0. The number of aliphatic hydroxyl groups is 1. The number of rotatable bonds is 1. The second-order valence-corrected chi connectivity index (χ2v) is 8.51. The molecule has 1 aromatic carbocycles. The van der Waals surface area contributed by atoms with Gasteiger partial charge in [-0.3, -0.25) is 9.59 Å². The molecule has 0 aliphatic heterocycles. The number of phenolic OH excluding ortho intramolecular Hbond substituents is 1. The second-order valence-electron chi connectivity index (χ2n) is 8.51. The Labute approximate surface area is 142 Å². The normalized spacial score (nSPS) is 31.8. The van der Waals surface area contributed by atoms with Gasteiger partial charge in [-0.05, 0) is 47.9 Å². The van der Waals surface area contributed by atoms with Crippen LogP contribution < -0.4 is 0 Å². The first-order valence-electron chi connectivity index (χ1n) is 8.64. The summed E-state index contributed by atoms with van der Waals surface area (Å²) in [6, 6.07) is 3.25. The molecule has 3 rings (SSSR count). The number of Topliss-reactive ketones (excluding diaryl/α,β-unsaturated/α-hetero) is 2. The van der Waals surface area contributed by atoms with E-state index in [1.165, 1.54) is 0 Å². The second kappa shape index (κ2) is 5.16. The Hall–Kier alpha value is -1.68. The van der Waals surface area contributed by atoms with Gasteiger partial charge < -0.3 is 10.2 Å². The van der Waals surface area contributed by atoms with Crippen LogP contribution in [-0.2, 0) is 10.2 Å². The predicted molar refractivity (Wildman–Crippen MR) is 91.4 cm³/mol. The molecule has 0 bridgehead atoms. The van der Waals surface area contributed by atoms with Gasteiger partial charge in [0.05, 0.1) is 5.41 Å². The number of hydrogen-bond acceptors (Lipinski definition) is 4. The minimum atomic E-state index is -1.19. The SMILES string of the molecule is CC(C)c1cc2c(cc1O)[C@@]1(C)C(=O)CCC(C)(C)[C@H]1[C@H](O)C2=O. The van der Waals surface area contributed by atoms with E-state index in [0.717, 1.165) is 0 Å². The Morgan fingerprint density at radius 1 is 1.17 bits per heavy atom. The van der Waals surface area contributed by atoms with Gasteiger partial charge in [0.2, 0.25) is 0 Å². The third kappa shape index (κ3) is 2.08. The quantitative estimate of drug-likeness (QED) is 0.828. The molecular formula is C20H26O4. The maximum atomic E-state index is 12.9. The molecule has 0 heterocycles. The third-order valence-electron chi connectivity index (χ3n) is 6.24. The smallest absolute Gasteiger partial charge is 0.191 e. The molecule has 2 aliphatic carbocycles. The zero-order chi connectivity index (χ0) is 18.0. The molecule has 0 aromatic heterocycles. The van der Waals surface area contributed by atoms with Crippen molar-refractivity contribution in [2.75, 3.05) is 0 Å². The number of carbonyl (C=O) groups is 2. The van der Waals surface area contributed by atoms with Gasteiger partial charge in [0, 0.05) is 17.9 Å². The highest BCUT2D eigenvalue weighted by molar-refractivity contribution is 6.07. The molecule has 0 saturated heterocycles. The van der Waals surface area contributed by atoms with Crippen molar-refractivity contribution in [3.63, 3.8) is 0 Å². The summed E-state index contributed by atoms with van der Waals surface area (Å²) in [6.07, 6.45) is -0.110. The van der Waals surface area contributed by atoms with Gasteiger partial charge in [0.25, 0.3) is 0 Å². The molecule has 24 heavy (non-hydrogen) atoms. The molecule has 0 unspecified atom stereocenters. The molecule has 0 amide bonds. The van der Waals surface area contributed by atoms with Crippen molar-refractivity contribution in [1.82, 2.24) is 0 Å². The van der Waals surface area contributed by atoms with E-state index < -0.39 is 17.4 Å². The summed E-state index contributed by atoms with van der Waals surface area (Å²) in [7, 11) is 0. The number of benzene rings is 1. The number of ketones is 2. The molecular weight excluding hydrogens is 304 g/mol. The fraction of sp³-hybridized carbons (Fsp3) is 0.600. The predicted octanol–water partition coefficient (Wildman–Crippen LogP) is 3.34. The lowest BCUT2D eigenvalue weighted by Crippen LogP contribution is -2.60. The largest absolute Gasteiger partial charge is 0.508 e. The molecule has 4 heteroatoms. The van der Waals surface area contributed by atoms with Crippen LogP contribution in [0.3, 0.4) is 0 Å². The lowest BCUT2D eigenvalue weighted by Gasteiger charge is -2.54. The van der Waals surface area contributed by atoms with E-state index in [-0.39, 0.29) is 28.6 Å². The van der Waals surface area contributed by atoms with Crippen LogP contribution in [0.15, 0.2) is 12.1 Å². The third-order valence-corrected chi connectivity index (χ3v) is 6.24. The van der Waals surface area contributed by atoms with E-state index in [0.29, 0.717) is 29.5 Å². The van der Waals surface area contributed by atoms with Crippen LogP contribution in [-0.4, -0.2) is 27.9 Å². The van der Waals surface area contributed by atoms with Gasteiger partial charge in [0.15, 0.2) is 5.78 Å². The van der Waals surface area contributed by atoms with Crippen LogP contribution >= 0.6 is 0 Å². The summed E-state index contributed by atoms with van der Waals surface area (Å²) in [4.78, 5) is 25.7. The first-order chi connectivity index (χ1) is 11.0. The van der Waals surface area contributed by atoms with Gasteiger partial charge in [-0.2, -0.15) is 0 Å². The molecule has 4 nitrogen and oxygen atoms in total. The Morgan fingerprint density at radius 2 is 1.79 bits per heavy atom. The van der Waals surface area contributed by atoms with Crippen molar-refractivity contribution < 1.29 is 19.8 Å². The summed E-state index contributed by atoms with van der Waals surface area (Å²) in [6.45, 7) is 9.71. The average molecular weight is 330 g/mol. The van der Waals surface area contributed by atoms with Crippen LogP contribution in [0.2, 0.25) is 0 Å². The van der Waals surface area contributed by atoms with E-state index in [1.54, 1.807) is 12.1 Å². The number of aromatic hydroxyl groups is 1. The highest BCUT2D eigenvalue weighted by atomic mass is 16.3. The minimum absolute atomic E-state index is 0.0383. The van der Waals surface area contributed by atoms with Gasteiger partial charge in [0.1, 0.15) is 17.6 Å². The molecule has 0 radical (unpaired) electrons. The average Bonchev–Trinajstić information content (AvgIpc) is 2.48. The summed E-state index contributed by atoms with van der Waals surface area (Å²) >= 11 is 0. The summed E-state index contributed by atoms with van der Waals surface area (Å²) < 4.78 is 0. The van der Waals surface area contributed by atoms with Crippen LogP contribution in [0, 0.1) is 11.3 Å². The number of carbonyl (C=O) groups excluding carboxylic acids is 2. The van der Waals surface area contributed by atoms with Crippen LogP contribution in [0.5, 0.6) is 5.75 Å². The molecule has 1 saturated carbocycles. The van der Waals surface area contributed by atoms with Gasteiger partial charge >= 0.3 is 0 Å². The summed E-state index contributed by atoms with van der Waals surface area (Å²) in [5.41, 5.74) is 0.342. The standard InChI is InChI=1S/C20H26O4/c1-10(2)11-8-12-13(9-14(11)21)20(5)15(22)6-7-19(3,4)18(20)17(24)16(12)23/h8-10,17-18,21,24H,6-7H2,1-5H3/t17-,18-,20+/m1/s1. The zero-order valence-corrected chi connectivity index (χ0v) is 15.0. The Kier molecular flexibility index (Phi) is 3.69. The van der Waals surface area contributed by atoms with Gasteiger partial charge in [-0.25, -0.2) is 0 Å². The van der Waals surface area contributed by atoms with E-state index in [1.807, 2.05) is 34.6 Å². The first-order valence-corrected chi connectivity index (χ1v) is 8.64. The lowest BCUT2D eigenvalue weighted by atomic mass is 9.48. The lowest BCUT2D eigenvalue weighted by molar-refractivity contribution is -0.138. The van der Waals surface area contributed by atoms with Crippen molar-refractivity contribution in [3.8, 4) is 5.75 Å². The van der Waals surface area contributed by atoms with Crippen LogP contribution in [0.4, 0.5) is 0 Å². The van der Waals surface area contributed by atoms with Crippen molar-refractivity contribution in [1.29, 1.82) is 0 Å². The van der Waals surface area contributed by atoms with Crippen LogP contribution in [0.1, 0.15) is 74.9 Å². The number of hydrogen-bond donors (Lipinski definition) is 2. The maximum absolute atomic E-state index is 12.9. The van der Waals surface area contributed by atoms with Crippen molar-refractivity contribution in [3.05, 3.63) is 28.8 Å². The Balaban J connectivity index is 2.32. The molecule has 0 spiro atoms. The molecule has 2 N–H and O–H groups in total. The van der Waals surface area contributed by atoms with Crippen molar-refractivity contribution in [2.45, 2.75) is 64.9 Å². The van der Waals surface area contributed by atoms with E-state index in [2.05, 4.69) is 0 Å². The Bertz CT molecular complexity index is 731. The molecule has 130 valence electrons. The number of fused-ring (bicyclic) bond motifs is 3. The molecule has 3 atom stereocenters. The minimum Gasteiger partial charge on any atom is -0.508 e. The molecule has 1 fully saturated rings. The van der Waals surface area contributed by atoms with Gasteiger partial charge in [-0.15, -0.1) is 0 Å². The van der Waals surface area contributed by atoms with Crippen molar-refractivity contribution in [2.24, 2.45) is 11.3 Å². The number of phenols is 1. The highest BCUT2D eigenvalue weighted by Gasteiger charge is 2.60. The maximum Gasteiger partial charge on any atom is 0.191 e. The summed E-state index contributed by atoms with van der Waals surface area (Å²) in [5.74, 6) is -0.614. The topological polar surface area (TPSA) is 74.6 Å². The van der Waals surface area contributed by atoms with Gasteiger partial charge in [-0.1, -0.05) is 27.7 Å². The fourth-order valence-corrected chi connectivity index (χ4v) is 4.88. The Morgan fingerprint density at radius 3 is 2.38 bits per heavy atom. The van der Waals surface area contributed by atoms with Crippen LogP contribution in [0.25, 0.3) is 0 Å². The first kappa shape index (κ1) is 17.2. The highest BCUT2D eigenvalue weighted by Crippen LogP contribution is 2.56. The summed E-state index contributed by atoms with van der Waals surface area (Å²) in [5, 5.41) is 21.2. The molecule has 2 aliphatic rings. The van der Waals surface area contributed by atoms with E-state index in [4.69, 9.17) is 0 Å². The fourth-order valence-electron chi connectivity index (χ4n) is 4.88. The number of aliphatic hydroxyl groups excluding tert-OH is 1. The molecule has 1 aromatic rings. The van der Waals surface area contributed by atoms with E-state index >= 15 is 0 Å². The van der Waals surface area contributed by atoms with Crippen molar-refractivity contribution >= 4 is 11.6 Å². The monoisotopic (exact) mass is 330 g/mol. The van der Waals surface area contributed by atoms with E-state index in [9.17, 15) is 19.8 Å².